The van der Waals surface area contributed by atoms with E-state index < -0.39 is 0 Å². The molecule has 0 aromatic heterocycles. The van der Waals surface area contributed by atoms with Gasteiger partial charge in [-0.05, 0) is 50.5 Å². The van der Waals surface area contributed by atoms with Crippen LogP contribution in [0.25, 0.3) is 0 Å². The van der Waals surface area contributed by atoms with Crippen molar-refractivity contribution >= 4 is 0 Å². The van der Waals surface area contributed by atoms with E-state index in [1.807, 2.05) is 32.0 Å². The molecule has 0 spiro atoms. The smallest absolute Gasteiger partial charge is 0.122 e. The van der Waals surface area contributed by atoms with E-state index in [0.717, 1.165) is 29.9 Å². The Labute approximate surface area is 104 Å². The SMILES string of the molecule is CCOc1ccc(OCC)c(CC(N)CC)c1. The summed E-state index contributed by atoms with van der Waals surface area (Å²) in [6.07, 6.45) is 1.79. The van der Waals surface area contributed by atoms with Crippen molar-refractivity contribution in [3.63, 3.8) is 0 Å². The Bertz CT molecular complexity index is 339. The number of benzene rings is 1. The highest BCUT2D eigenvalue weighted by Gasteiger charge is 2.09. The third-order valence-corrected chi connectivity index (χ3v) is 2.65. The van der Waals surface area contributed by atoms with Crippen LogP contribution in [0.3, 0.4) is 0 Å². The zero-order valence-electron chi connectivity index (χ0n) is 11.0. The molecule has 1 aromatic rings. The van der Waals surface area contributed by atoms with Gasteiger partial charge in [0.15, 0.2) is 0 Å². The average Bonchev–Trinajstić information content (AvgIpc) is 2.33. The van der Waals surface area contributed by atoms with Gasteiger partial charge >= 0.3 is 0 Å². The molecule has 1 atom stereocenters. The molecule has 17 heavy (non-hydrogen) atoms. The fourth-order valence-corrected chi connectivity index (χ4v) is 1.69. The molecule has 1 rings (SSSR count). The Morgan fingerprint density at radius 3 is 2.41 bits per heavy atom. The summed E-state index contributed by atoms with van der Waals surface area (Å²) >= 11 is 0. The molecule has 0 bridgehead atoms. The molecule has 0 fully saturated rings. The Kier molecular flexibility index (Phi) is 5.84. The van der Waals surface area contributed by atoms with Crippen LogP contribution < -0.4 is 15.2 Å². The third kappa shape index (κ3) is 4.27. The van der Waals surface area contributed by atoms with Crippen molar-refractivity contribution < 1.29 is 9.47 Å². The van der Waals surface area contributed by atoms with Gasteiger partial charge in [0.25, 0.3) is 0 Å². The number of rotatable bonds is 7. The zero-order valence-corrected chi connectivity index (χ0v) is 11.0. The molecule has 0 aliphatic carbocycles. The van der Waals surface area contributed by atoms with E-state index in [1.54, 1.807) is 0 Å². The molecule has 0 heterocycles. The summed E-state index contributed by atoms with van der Waals surface area (Å²) in [5, 5.41) is 0. The molecule has 3 nitrogen and oxygen atoms in total. The van der Waals surface area contributed by atoms with E-state index in [4.69, 9.17) is 15.2 Å². The van der Waals surface area contributed by atoms with Gasteiger partial charge in [0, 0.05) is 6.04 Å². The minimum Gasteiger partial charge on any atom is -0.494 e. The Morgan fingerprint density at radius 1 is 1.12 bits per heavy atom. The maximum atomic E-state index is 6.00. The first-order chi connectivity index (χ1) is 8.21. The molecule has 0 amide bonds. The fourth-order valence-electron chi connectivity index (χ4n) is 1.69. The highest BCUT2D eigenvalue weighted by molar-refractivity contribution is 5.40. The quantitative estimate of drug-likeness (QED) is 0.793. The summed E-state index contributed by atoms with van der Waals surface area (Å²) in [5.74, 6) is 1.80. The topological polar surface area (TPSA) is 44.5 Å². The zero-order chi connectivity index (χ0) is 12.7. The molecule has 0 saturated heterocycles. The van der Waals surface area contributed by atoms with Crippen LogP contribution in [0.5, 0.6) is 11.5 Å². The molecule has 2 N–H and O–H groups in total. The van der Waals surface area contributed by atoms with E-state index in [0.29, 0.717) is 13.2 Å². The summed E-state index contributed by atoms with van der Waals surface area (Å²) in [5.41, 5.74) is 7.13. The first-order valence-corrected chi connectivity index (χ1v) is 6.35. The van der Waals surface area contributed by atoms with Crippen molar-refractivity contribution in [1.82, 2.24) is 0 Å². The van der Waals surface area contributed by atoms with Crippen LogP contribution in [0, 0.1) is 0 Å². The predicted molar refractivity (Wildman–Crippen MR) is 70.8 cm³/mol. The van der Waals surface area contributed by atoms with E-state index in [9.17, 15) is 0 Å². The predicted octanol–water partition coefficient (Wildman–Crippen LogP) is 2.76. The molecule has 0 radical (unpaired) electrons. The lowest BCUT2D eigenvalue weighted by molar-refractivity contribution is 0.326. The van der Waals surface area contributed by atoms with Gasteiger partial charge in [-0.15, -0.1) is 0 Å². The van der Waals surface area contributed by atoms with Crippen LogP contribution in [0.4, 0.5) is 0 Å². The second-order valence-corrected chi connectivity index (χ2v) is 4.01. The number of hydrogen-bond acceptors (Lipinski definition) is 3. The fraction of sp³-hybridized carbons (Fsp3) is 0.571. The van der Waals surface area contributed by atoms with Gasteiger partial charge < -0.3 is 15.2 Å². The van der Waals surface area contributed by atoms with Gasteiger partial charge in [-0.3, -0.25) is 0 Å². The van der Waals surface area contributed by atoms with Crippen molar-refractivity contribution in [2.45, 2.75) is 39.7 Å². The second kappa shape index (κ2) is 7.17. The number of nitrogens with two attached hydrogens (primary N) is 1. The highest BCUT2D eigenvalue weighted by atomic mass is 16.5. The van der Waals surface area contributed by atoms with Gasteiger partial charge in [0.05, 0.1) is 13.2 Å². The molecule has 3 heteroatoms. The summed E-state index contributed by atoms with van der Waals surface area (Å²) in [6.45, 7) is 7.40. The molecule has 1 unspecified atom stereocenters. The first kappa shape index (κ1) is 13.8. The molecule has 1 aromatic carbocycles. The molecular weight excluding hydrogens is 214 g/mol. The van der Waals surface area contributed by atoms with Crippen LogP contribution in [-0.2, 0) is 6.42 Å². The maximum absolute atomic E-state index is 6.00. The Balaban J connectivity index is 2.89. The Morgan fingerprint density at radius 2 is 1.82 bits per heavy atom. The standard InChI is InChI=1S/C14H23NO2/c1-4-12(15)9-11-10-13(16-5-2)7-8-14(11)17-6-3/h7-8,10,12H,4-6,9,15H2,1-3H3. The van der Waals surface area contributed by atoms with Gasteiger partial charge in [-0.25, -0.2) is 0 Å². The normalized spacial score (nSPS) is 12.2. The van der Waals surface area contributed by atoms with Crippen molar-refractivity contribution in [2.75, 3.05) is 13.2 Å². The van der Waals surface area contributed by atoms with Crippen LogP contribution >= 0.6 is 0 Å². The molecule has 0 saturated carbocycles. The van der Waals surface area contributed by atoms with E-state index in [-0.39, 0.29) is 6.04 Å². The largest absolute Gasteiger partial charge is 0.494 e. The lowest BCUT2D eigenvalue weighted by Crippen LogP contribution is -2.21. The molecular formula is C14H23NO2. The highest BCUT2D eigenvalue weighted by Crippen LogP contribution is 2.25. The maximum Gasteiger partial charge on any atom is 0.122 e. The monoisotopic (exact) mass is 237 g/mol. The first-order valence-electron chi connectivity index (χ1n) is 6.35. The van der Waals surface area contributed by atoms with E-state index >= 15 is 0 Å². The van der Waals surface area contributed by atoms with Gasteiger partial charge in [-0.1, -0.05) is 6.92 Å². The molecule has 0 aliphatic heterocycles. The minimum atomic E-state index is 0.172. The summed E-state index contributed by atoms with van der Waals surface area (Å²) in [6, 6.07) is 6.11. The van der Waals surface area contributed by atoms with Crippen LogP contribution in [-0.4, -0.2) is 19.3 Å². The van der Waals surface area contributed by atoms with Crippen molar-refractivity contribution in [2.24, 2.45) is 5.73 Å². The lowest BCUT2D eigenvalue weighted by Gasteiger charge is -2.15. The molecule has 96 valence electrons. The van der Waals surface area contributed by atoms with Gasteiger partial charge in [0.1, 0.15) is 11.5 Å². The van der Waals surface area contributed by atoms with Gasteiger partial charge in [0.2, 0.25) is 0 Å². The van der Waals surface area contributed by atoms with E-state index in [1.165, 1.54) is 0 Å². The van der Waals surface area contributed by atoms with Crippen molar-refractivity contribution in [1.29, 1.82) is 0 Å². The number of hydrogen-bond donors (Lipinski definition) is 1. The van der Waals surface area contributed by atoms with Crippen molar-refractivity contribution in [3.8, 4) is 11.5 Å². The summed E-state index contributed by atoms with van der Waals surface area (Å²) in [7, 11) is 0. The minimum absolute atomic E-state index is 0.172. The van der Waals surface area contributed by atoms with E-state index in [2.05, 4.69) is 6.92 Å². The average molecular weight is 237 g/mol. The lowest BCUT2D eigenvalue weighted by atomic mass is 10.0. The van der Waals surface area contributed by atoms with Crippen LogP contribution in [0.2, 0.25) is 0 Å². The van der Waals surface area contributed by atoms with Gasteiger partial charge in [-0.2, -0.15) is 0 Å². The third-order valence-electron chi connectivity index (χ3n) is 2.65. The molecule has 0 aliphatic rings. The van der Waals surface area contributed by atoms with Crippen molar-refractivity contribution in [3.05, 3.63) is 23.8 Å². The summed E-state index contributed by atoms with van der Waals surface area (Å²) in [4.78, 5) is 0. The van der Waals surface area contributed by atoms with Crippen LogP contribution in [0.1, 0.15) is 32.8 Å². The number of ether oxygens (including phenoxy) is 2. The Hall–Kier alpha value is -1.22. The second-order valence-electron chi connectivity index (χ2n) is 4.01. The van der Waals surface area contributed by atoms with Crippen LogP contribution in [0.15, 0.2) is 18.2 Å². The summed E-state index contributed by atoms with van der Waals surface area (Å²) < 4.78 is 11.1.